The van der Waals surface area contributed by atoms with Crippen LogP contribution in [0.1, 0.15) is 27.8 Å². The maximum Gasteiger partial charge on any atom is 0.126 e. The number of hydrogen-bond acceptors (Lipinski definition) is 2. The van der Waals surface area contributed by atoms with E-state index in [9.17, 15) is 4.39 Å². The van der Waals surface area contributed by atoms with Crippen molar-refractivity contribution in [1.29, 1.82) is 0 Å². The summed E-state index contributed by atoms with van der Waals surface area (Å²) in [6.45, 7) is 2.52. The predicted molar refractivity (Wildman–Crippen MR) is 74.8 cm³/mol. The molecule has 0 atom stereocenters. The highest BCUT2D eigenvalue weighted by Crippen LogP contribution is 2.21. The van der Waals surface area contributed by atoms with E-state index < -0.39 is 0 Å². The van der Waals surface area contributed by atoms with Crippen molar-refractivity contribution < 1.29 is 4.39 Å². The molecule has 0 radical (unpaired) electrons. The van der Waals surface area contributed by atoms with Crippen LogP contribution in [0.15, 0.2) is 41.4 Å². The van der Waals surface area contributed by atoms with Gasteiger partial charge >= 0.3 is 0 Å². The number of hydrogen-bond donors (Lipinski definition) is 1. The summed E-state index contributed by atoms with van der Waals surface area (Å²) in [4.78, 5) is 4.20. The smallest absolute Gasteiger partial charge is 0.126 e. The van der Waals surface area contributed by atoms with E-state index in [1.165, 1.54) is 0 Å². The van der Waals surface area contributed by atoms with Gasteiger partial charge in [0, 0.05) is 12.0 Å². The molecule has 0 fully saturated rings. The summed E-state index contributed by atoms with van der Waals surface area (Å²) in [7, 11) is 0. The van der Waals surface area contributed by atoms with Gasteiger partial charge in [0.15, 0.2) is 0 Å². The van der Waals surface area contributed by atoms with Crippen LogP contribution in [0.25, 0.3) is 0 Å². The van der Waals surface area contributed by atoms with Gasteiger partial charge in [0.25, 0.3) is 0 Å². The Kier molecular flexibility index (Phi) is 2.82. The van der Waals surface area contributed by atoms with Gasteiger partial charge in [-0.15, -0.1) is 0 Å². The number of amidine groups is 1. The summed E-state index contributed by atoms with van der Waals surface area (Å²) in [5.41, 5.74) is 10.7. The fourth-order valence-corrected chi connectivity index (χ4v) is 2.41. The Labute approximate surface area is 111 Å². The number of rotatable bonds is 2. The minimum absolute atomic E-state index is 0.142. The summed E-state index contributed by atoms with van der Waals surface area (Å²) in [5, 5.41) is 0. The highest BCUT2D eigenvalue weighted by atomic mass is 19.1. The first-order chi connectivity index (χ1) is 9.13. The molecule has 0 aliphatic carbocycles. The molecule has 0 unspecified atom stereocenters. The lowest BCUT2D eigenvalue weighted by Gasteiger charge is -2.07. The average molecular weight is 254 g/mol. The van der Waals surface area contributed by atoms with E-state index in [0.717, 1.165) is 27.8 Å². The van der Waals surface area contributed by atoms with Crippen LogP contribution in [0.2, 0.25) is 0 Å². The first-order valence-corrected chi connectivity index (χ1v) is 6.30. The average Bonchev–Trinajstić information content (AvgIpc) is 2.74. The number of nitrogens with zero attached hydrogens (tertiary/aromatic N) is 1. The number of aliphatic imine (C=N–C) groups is 1. The highest BCUT2D eigenvalue weighted by Gasteiger charge is 2.13. The van der Waals surface area contributed by atoms with Gasteiger partial charge in [0.1, 0.15) is 11.7 Å². The second-order valence-corrected chi connectivity index (χ2v) is 4.96. The molecule has 3 heteroatoms. The summed E-state index contributed by atoms with van der Waals surface area (Å²) >= 11 is 0. The first-order valence-electron chi connectivity index (χ1n) is 6.30. The van der Waals surface area contributed by atoms with Crippen LogP contribution in [0, 0.1) is 12.7 Å². The minimum atomic E-state index is -0.142. The second-order valence-electron chi connectivity index (χ2n) is 4.96. The van der Waals surface area contributed by atoms with E-state index in [1.54, 1.807) is 6.07 Å². The molecule has 2 aromatic carbocycles. The molecule has 2 aromatic rings. The normalized spacial score (nSPS) is 13.3. The Morgan fingerprint density at radius 3 is 2.84 bits per heavy atom. The summed E-state index contributed by atoms with van der Waals surface area (Å²) < 4.78 is 13.8. The summed E-state index contributed by atoms with van der Waals surface area (Å²) in [6.07, 6.45) is 0.597. The SMILES string of the molecule is Cc1ccc(Cc2ccc3c(c2)CN=C3N)c(F)c1. The van der Waals surface area contributed by atoms with Gasteiger partial charge in [-0.2, -0.15) is 0 Å². The first kappa shape index (κ1) is 11.9. The molecule has 0 amide bonds. The topological polar surface area (TPSA) is 38.4 Å². The monoisotopic (exact) mass is 254 g/mol. The van der Waals surface area contributed by atoms with E-state index in [1.807, 2.05) is 31.2 Å². The zero-order valence-electron chi connectivity index (χ0n) is 10.8. The van der Waals surface area contributed by atoms with Gasteiger partial charge < -0.3 is 5.73 Å². The largest absolute Gasteiger partial charge is 0.383 e. The number of nitrogens with two attached hydrogens (primary N) is 1. The lowest BCUT2D eigenvalue weighted by molar-refractivity contribution is 0.612. The highest BCUT2D eigenvalue weighted by molar-refractivity contribution is 6.00. The molecule has 0 spiro atoms. The van der Waals surface area contributed by atoms with Crippen LogP contribution in [-0.2, 0) is 13.0 Å². The van der Waals surface area contributed by atoms with Crippen LogP contribution in [-0.4, -0.2) is 5.84 Å². The van der Waals surface area contributed by atoms with Crippen molar-refractivity contribution in [3.8, 4) is 0 Å². The molecule has 3 rings (SSSR count). The van der Waals surface area contributed by atoms with E-state index >= 15 is 0 Å². The van der Waals surface area contributed by atoms with Crippen molar-refractivity contribution in [2.24, 2.45) is 10.7 Å². The van der Waals surface area contributed by atoms with E-state index in [-0.39, 0.29) is 5.82 Å². The molecule has 0 saturated heterocycles. The molecule has 1 aliphatic heterocycles. The number of aryl methyl sites for hydroxylation is 1. The molecule has 19 heavy (non-hydrogen) atoms. The molecular weight excluding hydrogens is 239 g/mol. The molecular formula is C16H15FN2. The van der Waals surface area contributed by atoms with E-state index in [2.05, 4.69) is 11.1 Å². The minimum Gasteiger partial charge on any atom is -0.383 e. The number of fused-ring (bicyclic) bond motifs is 1. The third-order valence-corrected chi connectivity index (χ3v) is 3.47. The molecule has 96 valence electrons. The van der Waals surface area contributed by atoms with Crippen molar-refractivity contribution >= 4 is 5.84 Å². The lowest BCUT2D eigenvalue weighted by atomic mass is 9.99. The molecule has 0 aromatic heterocycles. The third kappa shape index (κ3) is 2.24. The Bertz CT molecular complexity index is 674. The van der Waals surface area contributed by atoms with Crippen molar-refractivity contribution in [3.63, 3.8) is 0 Å². The maximum absolute atomic E-state index is 13.8. The van der Waals surface area contributed by atoms with Crippen LogP contribution < -0.4 is 5.73 Å². The fraction of sp³-hybridized carbons (Fsp3) is 0.188. The summed E-state index contributed by atoms with van der Waals surface area (Å²) in [6, 6.07) is 11.4. The fourth-order valence-electron chi connectivity index (χ4n) is 2.41. The van der Waals surface area contributed by atoms with Gasteiger partial charge in [-0.05, 0) is 35.2 Å². The Morgan fingerprint density at radius 2 is 2.05 bits per heavy atom. The Hall–Kier alpha value is -2.16. The standard InChI is InChI=1S/C16H15FN2/c1-10-2-4-12(15(17)6-10)7-11-3-5-14-13(8-11)9-19-16(14)18/h2-6,8H,7,9H2,1H3,(H2,18,19). The van der Waals surface area contributed by atoms with Gasteiger partial charge in [0.05, 0.1) is 6.54 Å². The van der Waals surface area contributed by atoms with Crippen LogP contribution in [0.3, 0.4) is 0 Å². The molecule has 2 N–H and O–H groups in total. The predicted octanol–water partition coefficient (Wildman–Crippen LogP) is 2.94. The molecule has 0 saturated carbocycles. The van der Waals surface area contributed by atoms with Crippen LogP contribution >= 0.6 is 0 Å². The second kappa shape index (κ2) is 4.50. The van der Waals surface area contributed by atoms with Crippen molar-refractivity contribution in [1.82, 2.24) is 0 Å². The maximum atomic E-state index is 13.8. The molecule has 1 heterocycles. The number of halogens is 1. The van der Waals surface area contributed by atoms with Gasteiger partial charge in [0.2, 0.25) is 0 Å². The molecule has 2 nitrogen and oxygen atoms in total. The van der Waals surface area contributed by atoms with Gasteiger partial charge in [-0.25, -0.2) is 4.39 Å². The van der Waals surface area contributed by atoms with Crippen molar-refractivity contribution in [2.45, 2.75) is 19.9 Å². The van der Waals surface area contributed by atoms with Crippen LogP contribution in [0.5, 0.6) is 0 Å². The van der Waals surface area contributed by atoms with Gasteiger partial charge in [-0.1, -0.05) is 30.3 Å². The lowest BCUT2D eigenvalue weighted by Crippen LogP contribution is -2.10. The summed E-state index contributed by atoms with van der Waals surface area (Å²) in [5.74, 6) is 0.458. The van der Waals surface area contributed by atoms with E-state index in [4.69, 9.17) is 5.73 Å². The zero-order chi connectivity index (χ0) is 13.4. The molecule has 1 aliphatic rings. The Morgan fingerprint density at radius 1 is 1.21 bits per heavy atom. The zero-order valence-corrected chi connectivity index (χ0v) is 10.8. The van der Waals surface area contributed by atoms with Crippen LogP contribution in [0.4, 0.5) is 4.39 Å². The number of benzene rings is 2. The van der Waals surface area contributed by atoms with Crippen molar-refractivity contribution in [3.05, 3.63) is 70.0 Å². The van der Waals surface area contributed by atoms with E-state index in [0.29, 0.717) is 18.8 Å². The van der Waals surface area contributed by atoms with Crippen molar-refractivity contribution in [2.75, 3.05) is 0 Å². The molecule has 0 bridgehead atoms. The quantitative estimate of drug-likeness (QED) is 0.879. The Balaban J connectivity index is 1.89. The third-order valence-electron chi connectivity index (χ3n) is 3.47. The van der Waals surface area contributed by atoms with Gasteiger partial charge in [-0.3, -0.25) is 4.99 Å².